The van der Waals surface area contributed by atoms with Gasteiger partial charge in [-0.1, -0.05) is 12.1 Å². The number of fused-ring (bicyclic) bond motifs is 1. The molecule has 0 fully saturated rings. The summed E-state index contributed by atoms with van der Waals surface area (Å²) in [6, 6.07) is 11.5. The van der Waals surface area contributed by atoms with Crippen LogP contribution in [-0.2, 0) is 6.42 Å². The van der Waals surface area contributed by atoms with E-state index in [0.717, 1.165) is 16.6 Å². The van der Waals surface area contributed by atoms with Crippen molar-refractivity contribution in [2.24, 2.45) is 0 Å². The van der Waals surface area contributed by atoms with E-state index in [2.05, 4.69) is 35.5 Å². The molecule has 2 aromatic carbocycles. The quantitative estimate of drug-likeness (QED) is 0.537. The third kappa shape index (κ3) is 4.51. The molecule has 0 spiro atoms. The highest BCUT2D eigenvalue weighted by Gasteiger charge is 2.11. The van der Waals surface area contributed by atoms with Gasteiger partial charge in [0.25, 0.3) is 5.56 Å². The maximum Gasteiger partial charge on any atom is 0.251 e. The highest BCUT2D eigenvalue weighted by molar-refractivity contribution is 7.80. The van der Waals surface area contributed by atoms with Crippen LogP contribution in [0, 0.1) is 13.8 Å². The van der Waals surface area contributed by atoms with Gasteiger partial charge >= 0.3 is 0 Å². The van der Waals surface area contributed by atoms with Crippen molar-refractivity contribution < 1.29 is 9.47 Å². The molecule has 152 valence electrons. The zero-order chi connectivity index (χ0) is 21.0. The molecule has 0 atom stereocenters. The molecule has 0 radical (unpaired) electrons. The molecule has 1 heterocycles. The SMILES string of the molecule is COc1ccc(OC)c2[nH]c(=O)c(CCNC(=S)Nc3cccc(C)c3C)cc12. The Hall–Kier alpha value is -3.06. The van der Waals surface area contributed by atoms with E-state index in [1.807, 2.05) is 24.3 Å². The third-order valence-corrected chi connectivity index (χ3v) is 5.23. The van der Waals surface area contributed by atoms with Crippen molar-refractivity contribution in [1.82, 2.24) is 10.3 Å². The smallest absolute Gasteiger partial charge is 0.251 e. The Balaban J connectivity index is 1.72. The lowest BCUT2D eigenvalue weighted by Crippen LogP contribution is -2.31. The van der Waals surface area contributed by atoms with Gasteiger partial charge in [-0.3, -0.25) is 4.79 Å². The van der Waals surface area contributed by atoms with Crippen LogP contribution in [0.1, 0.15) is 16.7 Å². The molecule has 0 unspecified atom stereocenters. The van der Waals surface area contributed by atoms with Crippen molar-refractivity contribution in [2.45, 2.75) is 20.3 Å². The van der Waals surface area contributed by atoms with Gasteiger partial charge in [0.15, 0.2) is 5.11 Å². The van der Waals surface area contributed by atoms with Crippen molar-refractivity contribution in [1.29, 1.82) is 0 Å². The summed E-state index contributed by atoms with van der Waals surface area (Å²) in [4.78, 5) is 15.4. The van der Waals surface area contributed by atoms with Crippen LogP contribution in [0.5, 0.6) is 11.5 Å². The molecule has 6 nitrogen and oxygen atoms in total. The minimum absolute atomic E-state index is 0.153. The summed E-state index contributed by atoms with van der Waals surface area (Å²) in [5, 5.41) is 7.70. The summed E-state index contributed by atoms with van der Waals surface area (Å²) >= 11 is 5.39. The second-order valence-electron chi connectivity index (χ2n) is 6.76. The van der Waals surface area contributed by atoms with E-state index < -0.39 is 0 Å². The fourth-order valence-electron chi connectivity index (χ4n) is 3.18. The molecule has 0 saturated carbocycles. The molecule has 0 aliphatic heterocycles. The maximum absolute atomic E-state index is 12.5. The number of H-pyrrole nitrogens is 1. The number of hydrogen-bond acceptors (Lipinski definition) is 4. The fourth-order valence-corrected chi connectivity index (χ4v) is 3.40. The summed E-state index contributed by atoms with van der Waals surface area (Å²) in [6.45, 7) is 4.64. The Morgan fingerprint density at radius 2 is 1.83 bits per heavy atom. The molecule has 0 amide bonds. The molecule has 7 heteroatoms. The summed E-state index contributed by atoms with van der Waals surface area (Å²) < 4.78 is 10.8. The molecule has 1 aromatic heterocycles. The first-order valence-corrected chi connectivity index (χ1v) is 9.73. The lowest BCUT2D eigenvalue weighted by atomic mass is 10.1. The van der Waals surface area contributed by atoms with Gasteiger partial charge in [0, 0.05) is 23.2 Å². The number of benzene rings is 2. The predicted molar refractivity (Wildman–Crippen MR) is 122 cm³/mol. The number of aromatic amines is 1. The number of anilines is 1. The molecular weight excluding hydrogens is 386 g/mol. The van der Waals surface area contributed by atoms with Gasteiger partial charge in [-0.2, -0.15) is 0 Å². The predicted octanol–water partition coefficient (Wildman–Crippen LogP) is 3.69. The van der Waals surface area contributed by atoms with Crippen molar-refractivity contribution in [2.75, 3.05) is 26.1 Å². The Morgan fingerprint density at radius 1 is 1.10 bits per heavy atom. The minimum atomic E-state index is -0.153. The second kappa shape index (κ2) is 8.96. The van der Waals surface area contributed by atoms with E-state index in [4.69, 9.17) is 21.7 Å². The van der Waals surface area contributed by atoms with E-state index in [-0.39, 0.29) is 5.56 Å². The van der Waals surface area contributed by atoms with E-state index in [9.17, 15) is 4.79 Å². The van der Waals surface area contributed by atoms with E-state index in [1.54, 1.807) is 20.3 Å². The van der Waals surface area contributed by atoms with Crippen LogP contribution >= 0.6 is 12.2 Å². The van der Waals surface area contributed by atoms with Crippen molar-refractivity contribution >= 4 is 33.9 Å². The first-order valence-electron chi connectivity index (χ1n) is 9.32. The molecule has 3 N–H and O–H groups in total. The Bertz CT molecular complexity index is 1110. The van der Waals surface area contributed by atoms with Gasteiger partial charge in [-0.25, -0.2) is 0 Å². The number of rotatable bonds is 6. The highest BCUT2D eigenvalue weighted by atomic mass is 32.1. The van der Waals surface area contributed by atoms with Crippen LogP contribution < -0.4 is 25.7 Å². The summed E-state index contributed by atoms with van der Waals surface area (Å²) in [6.07, 6.45) is 0.514. The molecule has 29 heavy (non-hydrogen) atoms. The zero-order valence-electron chi connectivity index (χ0n) is 17.0. The summed E-state index contributed by atoms with van der Waals surface area (Å²) in [5.41, 5.74) is 4.45. The number of methoxy groups -OCH3 is 2. The van der Waals surface area contributed by atoms with Gasteiger partial charge in [-0.15, -0.1) is 0 Å². The number of nitrogens with one attached hydrogen (secondary N) is 3. The topological polar surface area (TPSA) is 75.4 Å². The summed E-state index contributed by atoms with van der Waals surface area (Å²) in [5.74, 6) is 1.28. The third-order valence-electron chi connectivity index (χ3n) is 4.99. The lowest BCUT2D eigenvalue weighted by Gasteiger charge is -2.14. The van der Waals surface area contributed by atoms with Gasteiger partial charge in [0.1, 0.15) is 11.5 Å². The van der Waals surface area contributed by atoms with Crippen LogP contribution in [0.15, 0.2) is 41.2 Å². The number of ether oxygens (including phenoxy) is 2. The Labute approximate surface area is 175 Å². The second-order valence-corrected chi connectivity index (χ2v) is 7.17. The molecule has 3 rings (SSSR count). The number of thiocarbonyl (C=S) groups is 1. The van der Waals surface area contributed by atoms with Crippen molar-refractivity contribution in [3.63, 3.8) is 0 Å². The number of pyridine rings is 1. The first-order chi connectivity index (χ1) is 13.9. The average molecular weight is 412 g/mol. The summed E-state index contributed by atoms with van der Waals surface area (Å²) in [7, 11) is 3.17. The van der Waals surface area contributed by atoms with Crippen LogP contribution in [0.3, 0.4) is 0 Å². The zero-order valence-corrected chi connectivity index (χ0v) is 17.8. The number of aromatic nitrogens is 1. The first kappa shape index (κ1) is 20.7. The van der Waals surface area contributed by atoms with Crippen molar-refractivity contribution in [3.05, 3.63) is 63.4 Å². The van der Waals surface area contributed by atoms with Crippen LogP contribution in [-0.4, -0.2) is 30.9 Å². The normalized spacial score (nSPS) is 10.6. The standard InChI is InChI=1S/C22H25N3O3S/c1-13-6-5-7-17(14(13)2)24-22(29)23-11-10-15-12-16-18(27-3)8-9-19(28-4)20(16)25-21(15)26/h5-9,12H,10-11H2,1-4H3,(H,25,26)(H2,23,24,29). The van der Waals surface area contributed by atoms with Gasteiger partial charge in [0.2, 0.25) is 0 Å². The Morgan fingerprint density at radius 3 is 2.55 bits per heavy atom. The van der Waals surface area contributed by atoms with Gasteiger partial charge in [0.05, 0.1) is 19.7 Å². The molecule has 0 aliphatic carbocycles. The molecule has 0 saturated heterocycles. The highest BCUT2D eigenvalue weighted by Crippen LogP contribution is 2.31. The molecule has 3 aromatic rings. The van der Waals surface area contributed by atoms with Crippen LogP contribution in [0.25, 0.3) is 10.9 Å². The van der Waals surface area contributed by atoms with E-state index in [0.29, 0.717) is 40.7 Å². The van der Waals surface area contributed by atoms with Crippen LogP contribution in [0.4, 0.5) is 5.69 Å². The number of hydrogen-bond donors (Lipinski definition) is 3. The molecular formula is C22H25N3O3S. The average Bonchev–Trinajstić information content (AvgIpc) is 2.71. The van der Waals surface area contributed by atoms with Gasteiger partial charge < -0.3 is 25.1 Å². The monoisotopic (exact) mass is 411 g/mol. The van der Waals surface area contributed by atoms with Crippen molar-refractivity contribution in [3.8, 4) is 11.5 Å². The molecule has 0 bridgehead atoms. The maximum atomic E-state index is 12.5. The molecule has 0 aliphatic rings. The number of aryl methyl sites for hydroxylation is 1. The minimum Gasteiger partial charge on any atom is -0.496 e. The Kier molecular flexibility index (Phi) is 6.39. The van der Waals surface area contributed by atoms with E-state index >= 15 is 0 Å². The van der Waals surface area contributed by atoms with Crippen LogP contribution in [0.2, 0.25) is 0 Å². The van der Waals surface area contributed by atoms with E-state index in [1.165, 1.54) is 5.56 Å². The fraction of sp³-hybridized carbons (Fsp3) is 0.273. The van der Waals surface area contributed by atoms with Gasteiger partial charge in [-0.05, 0) is 67.9 Å². The lowest BCUT2D eigenvalue weighted by molar-refractivity contribution is 0.409. The largest absolute Gasteiger partial charge is 0.496 e.